The fourth-order valence-electron chi connectivity index (χ4n) is 9.69. The van der Waals surface area contributed by atoms with Crippen molar-refractivity contribution in [3.63, 3.8) is 0 Å². The molecule has 0 saturated carbocycles. The number of terminal acetylenes is 1. The molecule has 4 aliphatic heterocycles. The summed E-state index contributed by atoms with van der Waals surface area (Å²) in [6.07, 6.45) is 9.49. The number of hydrogen-bond donors (Lipinski definition) is 2. The second-order valence-electron chi connectivity index (χ2n) is 32.8. The lowest BCUT2D eigenvalue weighted by Crippen LogP contribution is -2.36. The molecule has 0 aromatic heterocycles. The molecule has 2 N–H and O–H groups in total. The van der Waals surface area contributed by atoms with E-state index in [4.69, 9.17) is 6.42 Å². The molecule has 12 amide bonds. The Bertz CT molecular complexity index is 5310. The standard InChI is InChI=1S/C14H14F5NO3.C14H15F4NO3.C12H18N2O5.C11H16N2O2.C10H7F5O2.C10H8F4O2.C8H11NO4.C7H9NO2.C7H11NO/c1-6(2)20(3)7(21)4-5-8(22)23-14-12(18)10(16)9(15)11(17)13(14)19;1-7(2)19(3)10(20)4-5-11(21)22-14-12(17)8(15)6-9(16)13(14)18;1-8(2)13(3)9(15)6-7-12(18)19-14-10(16)4-5-11(14)17;1-8(2)12-10(14)6-7-13-9(3)4-5-11(13)15;1-3(2)10(16)17-9-7(14)5(12)4(11)6(13)8(9)15;1-4(2)10(15)16-9-7(13)5(11)3-6(12)8(9)14;1-5(2)8(12)13-9-6(10)3-4-7(9)11;1-5(2)8-6(9)3-4-7(8)10;1-4-5-8-7(9)6(2)3/h6H,4-5H2,1-3H3;6-7H,4-5H2,1-3H3;8H,4-7H2,1-3H3;4-5,8H,3,6-7H2,1-2H3,(H,12,14);3H,1-2H3;3-4H,1-2H3;5H,3-4H2,1-2H3;3-5H,1-2H3;1,6H,5H2,2-3H3,(H,8,9). The van der Waals surface area contributed by atoms with Gasteiger partial charge in [-0.2, -0.15) is 35.1 Å². The van der Waals surface area contributed by atoms with Crippen molar-refractivity contribution in [2.24, 2.45) is 23.7 Å². The van der Waals surface area contributed by atoms with Crippen LogP contribution in [0.25, 0.3) is 0 Å². The molecule has 144 heavy (non-hydrogen) atoms. The Morgan fingerprint density at radius 3 is 0.924 bits per heavy atom. The molecule has 2 saturated heterocycles. The number of nitrogens with zero attached hydrogens (tertiary/aromatic N) is 7. The predicted molar refractivity (Wildman–Crippen MR) is 469 cm³/mol. The average molecular weight is 2080 g/mol. The Labute approximate surface area is 815 Å². The van der Waals surface area contributed by atoms with Gasteiger partial charge in [-0.3, -0.25) is 81.6 Å². The number of amides is 12. The van der Waals surface area contributed by atoms with Gasteiger partial charge in [-0.05, 0) is 75.3 Å². The quantitative estimate of drug-likeness (QED) is 0.0101. The molecule has 4 aromatic rings. The van der Waals surface area contributed by atoms with E-state index in [9.17, 15) is 165 Å². The molecule has 51 heteroatoms. The summed E-state index contributed by atoms with van der Waals surface area (Å²) in [5.74, 6) is -50.8. The van der Waals surface area contributed by atoms with Crippen LogP contribution in [0.4, 0.5) is 79.0 Å². The molecule has 0 radical (unpaired) electrons. The van der Waals surface area contributed by atoms with Crippen LogP contribution in [0.15, 0.2) is 48.7 Å². The summed E-state index contributed by atoms with van der Waals surface area (Å²) in [4.78, 5) is 218. The lowest BCUT2D eigenvalue weighted by atomic mass is 10.2. The van der Waals surface area contributed by atoms with Crippen molar-refractivity contribution in [3.8, 4) is 35.3 Å². The van der Waals surface area contributed by atoms with Gasteiger partial charge in [0.25, 0.3) is 41.4 Å². The molecule has 4 aromatic carbocycles. The number of allylic oxidation sites excluding steroid dienone is 1. The second kappa shape index (κ2) is 61.3. The van der Waals surface area contributed by atoms with Crippen molar-refractivity contribution in [2.45, 2.75) is 225 Å². The number of benzene rings is 4. The van der Waals surface area contributed by atoms with E-state index in [0.717, 1.165) is 0 Å². The van der Waals surface area contributed by atoms with Gasteiger partial charge in [0.2, 0.25) is 134 Å². The molecule has 2 fully saturated rings. The Kier molecular flexibility index (Phi) is 55.1. The zero-order chi connectivity index (χ0) is 112. The maximum Gasteiger partial charge on any atom is 0.335 e. The van der Waals surface area contributed by atoms with E-state index in [-0.39, 0.29) is 147 Å². The summed E-state index contributed by atoms with van der Waals surface area (Å²) in [5.41, 5.74) is 0.650. The molecule has 33 nitrogen and oxygen atoms in total. The molecular formula is C93H109F18N9O24. The number of rotatable bonds is 28. The zero-order valence-electron chi connectivity index (χ0n) is 81.9. The fourth-order valence-corrected chi connectivity index (χ4v) is 9.69. The summed E-state index contributed by atoms with van der Waals surface area (Å²) in [7, 11) is 4.66. The molecule has 0 atom stereocenters. The summed E-state index contributed by atoms with van der Waals surface area (Å²) in [6.45, 7) is 35.0. The van der Waals surface area contributed by atoms with Crippen LogP contribution in [0.2, 0.25) is 0 Å². The van der Waals surface area contributed by atoms with E-state index in [1.54, 1.807) is 54.7 Å². The number of carbonyl (C=O) groups is 18. The van der Waals surface area contributed by atoms with Gasteiger partial charge in [-0.15, -0.1) is 16.5 Å². The minimum Gasteiger partial charge on any atom is -0.420 e. The second-order valence-corrected chi connectivity index (χ2v) is 32.8. The number of hydrogen-bond acceptors (Lipinski definition) is 24. The molecule has 0 spiro atoms. The highest BCUT2D eigenvalue weighted by atomic mass is 19.2. The lowest BCUT2D eigenvalue weighted by molar-refractivity contribution is -0.199. The lowest BCUT2D eigenvalue weighted by Gasteiger charge is -2.21. The van der Waals surface area contributed by atoms with Crippen LogP contribution in [0.5, 0.6) is 23.0 Å². The van der Waals surface area contributed by atoms with Crippen molar-refractivity contribution < 1.29 is 194 Å². The number of halogens is 18. The van der Waals surface area contributed by atoms with Gasteiger partial charge >= 0.3 is 35.8 Å². The highest BCUT2D eigenvalue weighted by Gasteiger charge is 2.37. The van der Waals surface area contributed by atoms with Crippen molar-refractivity contribution in [1.82, 2.24) is 45.3 Å². The monoisotopic (exact) mass is 2080 g/mol. The maximum atomic E-state index is 13.3. The van der Waals surface area contributed by atoms with Gasteiger partial charge in [0.15, 0.2) is 23.3 Å². The highest BCUT2D eigenvalue weighted by molar-refractivity contribution is 6.13. The minimum atomic E-state index is -2.35. The normalized spacial score (nSPS) is 12.7. The number of esters is 4. The fraction of sp³-hybridized carbons (Fsp3) is 0.462. The Balaban J connectivity index is 0.00000162. The van der Waals surface area contributed by atoms with Crippen LogP contribution in [0.1, 0.15) is 195 Å². The number of ether oxygens (including phenoxy) is 4. The van der Waals surface area contributed by atoms with Crippen molar-refractivity contribution in [1.29, 1.82) is 0 Å². The van der Waals surface area contributed by atoms with E-state index in [2.05, 4.69) is 51.8 Å². The average Bonchev–Trinajstić information content (AvgIpc) is 0.986. The van der Waals surface area contributed by atoms with Gasteiger partial charge in [0.05, 0.1) is 43.6 Å². The van der Waals surface area contributed by atoms with Crippen molar-refractivity contribution >= 4 is 107 Å². The topological polar surface area (TPSA) is 409 Å². The first kappa shape index (κ1) is 129. The van der Waals surface area contributed by atoms with Crippen LogP contribution >= 0.6 is 0 Å². The third-order valence-electron chi connectivity index (χ3n) is 18.5. The molecule has 0 unspecified atom stereocenters. The number of hydroxylamine groups is 4. The van der Waals surface area contributed by atoms with Gasteiger partial charge in [-0.25, -0.2) is 53.5 Å². The van der Waals surface area contributed by atoms with E-state index in [1.165, 1.54) is 84.5 Å². The predicted octanol–water partition coefficient (Wildman–Crippen LogP) is 13.5. The molecule has 0 bridgehead atoms. The van der Waals surface area contributed by atoms with Crippen LogP contribution in [-0.2, 0) is 96.0 Å². The van der Waals surface area contributed by atoms with Crippen molar-refractivity contribution in [2.75, 3.05) is 34.2 Å². The van der Waals surface area contributed by atoms with E-state index in [1.807, 2.05) is 55.4 Å². The first-order chi connectivity index (χ1) is 66.5. The Morgan fingerprint density at radius 1 is 0.368 bits per heavy atom. The van der Waals surface area contributed by atoms with Gasteiger partial charge < -0.3 is 58.9 Å². The molecule has 8 rings (SSSR count). The first-order valence-electron chi connectivity index (χ1n) is 43.2. The van der Waals surface area contributed by atoms with Crippen LogP contribution in [-0.4, -0.2) is 206 Å². The smallest absolute Gasteiger partial charge is 0.335 e. The third-order valence-corrected chi connectivity index (χ3v) is 18.5. The van der Waals surface area contributed by atoms with E-state index >= 15 is 0 Å². The van der Waals surface area contributed by atoms with E-state index in [0.29, 0.717) is 35.3 Å². The third kappa shape index (κ3) is 41.6. The molecule has 4 heterocycles. The number of nitrogens with one attached hydrogen (secondary N) is 2. The summed E-state index contributed by atoms with van der Waals surface area (Å²) in [5, 5.41) is 6.37. The van der Waals surface area contributed by atoms with Gasteiger partial charge in [0.1, 0.15) is 0 Å². The summed E-state index contributed by atoms with van der Waals surface area (Å²) < 4.78 is 250. The Morgan fingerprint density at radius 2 is 0.653 bits per heavy atom. The first-order valence-corrected chi connectivity index (χ1v) is 43.2. The number of carbonyl (C=O) groups excluding carboxylic acids is 18. The SMILES string of the molecule is C#CCNC(=O)C(C)C.C=C1C=CC(=O)N1CCC(=O)NC(C)C.CC(C)C(=O)ON1C(=O)CCC1=O.CC(C)C(=O)Oc1c(F)c(F)c(F)c(F)c1F.CC(C)C(=O)Oc1c(F)c(F)cc(F)c1F.CC(C)N(C)C(=O)CCC(=O)ON1C(=O)CCC1=O.CC(C)N(C)C(=O)CCC(=O)Oc1c(F)c(F)c(F)c(F)c1F.CC(C)N(C)C(=O)CCC(=O)Oc1c(F)c(F)cc(F)c1F.CC(C)N1C(=O)C=CC1=O. The van der Waals surface area contributed by atoms with Crippen LogP contribution in [0.3, 0.4) is 0 Å². The molecule has 796 valence electrons. The molecule has 4 aliphatic rings. The van der Waals surface area contributed by atoms with Crippen LogP contribution < -0.4 is 29.6 Å². The molecular weight excluding hydrogens is 1970 g/mol. The van der Waals surface area contributed by atoms with Gasteiger partial charge in [-0.1, -0.05) is 67.9 Å². The maximum absolute atomic E-state index is 13.3. The Hall–Kier alpha value is -14.5. The zero-order valence-corrected chi connectivity index (χ0v) is 81.9. The molecule has 0 aliphatic carbocycles. The minimum absolute atomic E-state index is 0.00310. The highest BCUT2D eigenvalue weighted by Crippen LogP contribution is 2.34. The van der Waals surface area contributed by atoms with Gasteiger partial charge in [0, 0.05) is 151 Å². The summed E-state index contributed by atoms with van der Waals surface area (Å²) in [6, 6.07) is -0.0293. The number of imide groups is 3. The largest absolute Gasteiger partial charge is 0.420 e. The van der Waals surface area contributed by atoms with E-state index < -0.39 is 218 Å². The summed E-state index contributed by atoms with van der Waals surface area (Å²) >= 11 is 0. The van der Waals surface area contributed by atoms with Crippen LogP contribution in [0, 0.1) is 141 Å². The van der Waals surface area contributed by atoms with Crippen molar-refractivity contribution in [3.05, 3.63) is 153 Å².